The van der Waals surface area contributed by atoms with Crippen LogP contribution >= 0.6 is 11.8 Å². The second-order valence-electron chi connectivity index (χ2n) is 7.03. The number of ether oxygens (including phenoxy) is 3. The van der Waals surface area contributed by atoms with Gasteiger partial charge in [-0.3, -0.25) is 0 Å². The third-order valence-electron chi connectivity index (χ3n) is 5.37. The smallest absolute Gasteiger partial charge is 0.243 e. The van der Waals surface area contributed by atoms with E-state index in [-0.39, 0.29) is 12.0 Å². The van der Waals surface area contributed by atoms with Crippen LogP contribution < -0.4 is 14.2 Å². The Kier molecular flexibility index (Phi) is 4.65. The quantitative estimate of drug-likeness (QED) is 0.761. The average Bonchev–Trinajstić information content (AvgIpc) is 3.29. The number of hydrogen-bond donors (Lipinski definition) is 0. The molecule has 0 unspecified atom stereocenters. The molecule has 3 heterocycles. The lowest BCUT2D eigenvalue weighted by atomic mass is 10.1. The van der Waals surface area contributed by atoms with Gasteiger partial charge >= 0.3 is 0 Å². The molecule has 6 nitrogen and oxygen atoms in total. The second kappa shape index (κ2) is 7.17. The van der Waals surface area contributed by atoms with Gasteiger partial charge in [-0.05, 0) is 47.9 Å². The van der Waals surface area contributed by atoms with Gasteiger partial charge < -0.3 is 14.2 Å². The lowest BCUT2D eigenvalue weighted by Crippen LogP contribution is -2.33. The number of rotatable bonds is 3. The summed E-state index contributed by atoms with van der Waals surface area (Å²) in [6, 6.07) is 11.2. The predicted octanol–water partition coefficient (Wildman–Crippen LogP) is 3.22. The number of thioether (sulfide) groups is 1. The summed E-state index contributed by atoms with van der Waals surface area (Å²) in [6.07, 6.45) is 1.53. The van der Waals surface area contributed by atoms with Crippen LogP contribution in [-0.4, -0.2) is 45.0 Å². The van der Waals surface area contributed by atoms with Crippen LogP contribution in [0.5, 0.6) is 17.2 Å². The molecule has 28 heavy (non-hydrogen) atoms. The summed E-state index contributed by atoms with van der Waals surface area (Å²) in [5.74, 6) is 3.10. The lowest BCUT2D eigenvalue weighted by molar-refractivity contribution is 0.174. The molecule has 0 aliphatic carbocycles. The van der Waals surface area contributed by atoms with E-state index >= 15 is 0 Å². The average molecular weight is 420 g/mol. The van der Waals surface area contributed by atoms with Crippen molar-refractivity contribution in [1.82, 2.24) is 4.31 Å². The summed E-state index contributed by atoms with van der Waals surface area (Å²) >= 11 is 1.80. The van der Waals surface area contributed by atoms with Crippen LogP contribution in [0.3, 0.4) is 0 Å². The number of nitrogens with zero attached hydrogens (tertiary/aromatic N) is 1. The first kappa shape index (κ1) is 18.1. The molecular formula is C20H21NO5S2. The fourth-order valence-corrected chi connectivity index (χ4v) is 6.69. The molecule has 0 aromatic heterocycles. The summed E-state index contributed by atoms with van der Waals surface area (Å²) in [4.78, 5) is 0.364. The van der Waals surface area contributed by atoms with E-state index in [1.807, 2.05) is 12.1 Å². The van der Waals surface area contributed by atoms with Gasteiger partial charge in [-0.15, -0.1) is 0 Å². The first-order chi connectivity index (χ1) is 13.6. The largest absolute Gasteiger partial charge is 0.493 e. The molecule has 0 radical (unpaired) electrons. The molecule has 0 N–H and O–H groups in total. The molecule has 3 aliphatic rings. The number of benzene rings is 2. The molecule has 0 bridgehead atoms. The van der Waals surface area contributed by atoms with Gasteiger partial charge in [0.2, 0.25) is 16.8 Å². The van der Waals surface area contributed by atoms with Gasteiger partial charge in [0.15, 0.2) is 11.5 Å². The van der Waals surface area contributed by atoms with E-state index in [1.54, 1.807) is 34.3 Å². The number of hydrogen-bond acceptors (Lipinski definition) is 6. The molecule has 0 amide bonds. The van der Waals surface area contributed by atoms with Crippen molar-refractivity contribution in [1.29, 1.82) is 0 Å². The van der Waals surface area contributed by atoms with Crippen LogP contribution in [-0.2, 0) is 16.4 Å². The summed E-state index contributed by atoms with van der Waals surface area (Å²) in [5.41, 5.74) is 2.13. The maximum Gasteiger partial charge on any atom is 0.243 e. The Labute approximate surface area is 168 Å². The van der Waals surface area contributed by atoms with Gasteiger partial charge in [-0.2, -0.15) is 16.1 Å². The Balaban J connectivity index is 1.34. The normalized spacial score (nSPS) is 21.8. The molecule has 5 rings (SSSR count). The van der Waals surface area contributed by atoms with Gasteiger partial charge in [-0.1, -0.05) is 6.07 Å². The molecule has 8 heteroatoms. The highest BCUT2D eigenvalue weighted by molar-refractivity contribution is 7.99. The zero-order valence-electron chi connectivity index (χ0n) is 15.3. The molecule has 148 valence electrons. The Morgan fingerprint density at radius 1 is 0.964 bits per heavy atom. The second-order valence-corrected chi connectivity index (χ2v) is 10.3. The Bertz CT molecular complexity index is 1010. The molecule has 3 aliphatic heterocycles. The van der Waals surface area contributed by atoms with Crippen molar-refractivity contribution in [2.45, 2.75) is 23.0 Å². The monoisotopic (exact) mass is 419 g/mol. The molecule has 1 fully saturated rings. The zero-order valence-corrected chi connectivity index (χ0v) is 16.9. The minimum Gasteiger partial charge on any atom is -0.493 e. The van der Waals surface area contributed by atoms with E-state index in [1.165, 1.54) is 0 Å². The van der Waals surface area contributed by atoms with Crippen molar-refractivity contribution in [3.8, 4) is 17.2 Å². The summed E-state index contributed by atoms with van der Waals surface area (Å²) in [5, 5.41) is 0.239. The van der Waals surface area contributed by atoms with E-state index in [2.05, 4.69) is 6.07 Å². The standard InChI is InChI=1S/C20H21NO5S2/c22-28(23,16-2-4-17-14(11-16)6-9-24-17)21-7-5-20(27-10-8-21)15-1-3-18-19(12-15)26-13-25-18/h1-4,11-12,20H,5-10,13H2/t20-/m0/s1. The topological polar surface area (TPSA) is 65.1 Å². The minimum absolute atomic E-state index is 0.239. The van der Waals surface area contributed by atoms with E-state index in [4.69, 9.17) is 14.2 Å². The Morgan fingerprint density at radius 2 is 1.82 bits per heavy atom. The number of fused-ring (bicyclic) bond motifs is 2. The van der Waals surface area contributed by atoms with Crippen LogP contribution in [0, 0.1) is 0 Å². The maximum atomic E-state index is 13.2. The zero-order chi connectivity index (χ0) is 19.1. The van der Waals surface area contributed by atoms with Gasteiger partial charge in [0.05, 0.1) is 11.5 Å². The van der Waals surface area contributed by atoms with E-state index in [0.29, 0.717) is 24.6 Å². The molecule has 0 spiro atoms. The molecule has 2 aromatic carbocycles. The predicted molar refractivity (Wildman–Crippen MR) is 107 cm³/mol. The van der Waals surface area contributed by atoms with Crippen LogP contribution in [0.1, 0.15) is 22.8 Å². The highest BCUT2D eigenvalue weighted by Crippen LogP contribution is 2.41. The molecule has 2 aromatic rings. The summed E-state index contributed by atoms with van der Waals surface area (Å²) < 4.78 is 44.3. The first-order valence-corrected chi connectivity index (χ1v) is 11.9. The van der Waals surface area contributed by atoms with E-state index < -0.39 is 10.0 Å². The fourth-order valence-electron chi connectivity index (χ4n) is 3.84. The van der Waals surface area contributed by atoms with Crippen LogP contribution in [0.15, 0.2) is 41.3 Å². The minimum atomic E-state index is -3.50. The summed E-state index contributed by atoms with van der Waals surface area (Å²) in [6.45, 7) is 1.90. The van der Waals surface area contributed by atoms with E-state index in [9.17, 15) is 8.42 Å². The van der Waals surface area contributed by atoms with Gasteiger partial charge in [0, 0.05) is 30.5 Å². The Morgan fingerprint density at radius 3 is 2.75 bits per heavy atom. The molecule has 1 saturated heterocycles. The summed E-state index contributed by atoms with van der Waals surface area (Å²) in [7, 11) is -3.50. The first-order valence-electron chi connectivity index (χ1n) is 9.38. The molecular weight excluding hydrogens is 398 g/mol. The molecule has 1 atom stereocenters. The van der Waals surface area contributed by atoms with E-state index in [0.717, 1.165) is 47.0 Å². The fraction of sp³-hybridized carbons (Fsp3) is 0.400. The third kappa shape index (κ3) is 3.23. The SMILES string of the molecule is O=S(=O)(c1ccc2c(c1)CCO2)N1CCS[C@H](c2ccc3c(c2)OCO3)CC1. The van der Waals surface area contributed by atoms with Crippen molar-refractivity contribution in [2.24, 2.45) is 0 Å². The van der Waals surface area contributed by atoms with Crippen molar-refractivity contribution in [2.75, 3.05) is 32.2 Å². The van der Waals surface area contributed by atoms with Crippen LogP contribution in [0.4, 0.5) is 0 Å². The van der Waals surface area contributed by atoms with Crippen LogP contribution in [0.2, 0.25) is 0 Å². The third-order valence-corrected chi connectivity index (χ3v) is 8.59. The highest BCUT2D eigenvalue weighted by atomic mass is 32.2. The maximum absolute atomic E-state index is 13.2. The van der Waals surface area contributed by atoms with Crippen molar-refractivity contribution >= 4 is 21.8 Å². The highest BCUT2D eigenvalue weighted by Gasteiger charge is 2.30. The van der Waals surface area contributed by atoms with Gasteiger partial charge in [0.1, 0.15) is 5.75 Å². The molecule has 0 saturated carbocycles. The van der Waals surface area contributed by atoms with Crippen LogP contribution in [0.25, 0.3) is 0 Å². The van der Waals surface area contributed by atoms with Gasteiger partial charge in [0.25, 0.3) is 0 Å². The Hall–Kier alpha value is -1.90. The van der Waals surface area contributed by atoms with Crippen molar-refractivity contribution in [3.05, 3.63) is 47.5 Å². The van der Waals surface area contributed by atoms with Gasteiger partial charge in [-0.25, -0.2) is 8.42 Å². The lowest BCUT2D eigenvalue weighted by Gasteiger charge is -2.20. The van der Waals surface area contributed by atoms with Crippen molar-refractivity contribution < 1.29 is 22.6 Å². The number of sulfonamides is 1. The van der Waals surface area contributed by atoms with Crippen molar-refractivity contribution in [3.63, 3.8) is 0 Å².